The van der Waals surface area contributed by atoms with Crippen molar-refractivity contribution >= 4 is 11.7 Å². The van der Waals surface area contributed by atoms with Crippen molar-refractivity contribution in [3.8, 4) is 0 Å². The highest BCUT2D eigenvalue weighted by molar-refractivity contribution is 5.80. The van der Waals surface area contributed by atoms with Crippen LogP contribution in [0.15, 0.2) is 11.5 Å². The van der Waals surface area contributed by atoms with Gasteiger partial charge in [0.1, 0.15) is 18.0 Å². The summed E-state index contributed by atoms with van der Waals surface area (Å²) >= 11 is 0. The van der Waals surface area contributed by atoms with E-state index in [1.165, 1.54) is 30.5 Å². The molecular formula is C14H23N5O. The molecule has 1 atom stereocenters. The molecule has 20 heavy (non-hydrogen) atoms. The Bertz CT molecular complexity index is 488. The number of hydrogen-bond acceptors (Lipinski definition) is 5. The van der Waals surface area contributed by atoms with Gasteiger partial charge in [-0.2, -0.15) is 0 Å². The molecule has 2 rings (SSSR count). The number of nitrogens with zero attached hydrogens (tertiary/aromatic N) is 4. The van der Waals surface area contributed by atoms with Gasteiger partial charge in [-0.1, -0.05) is 11.6 Å². The summed E-state index contributed by atoms with van der Waals surface area (Å²) in [5, 5.41) is 11.7. The molecular weight excluding hydrogens is 254 g/mol. The third-order valence-electron chi connectivity index (χ3n) is 3.98. The second kappa shape index (κ2) is 6.54. The van der Waals surface area contributed by atoms with E-state index in [0.717, 1.165) is 18.7 Å². The minimum Gasteiger partial charge on any atom is -0.409 e. The average Bonchev–Trinajstić information content (AvgIpc) is 2.71. The Morgan fingerprint density at radius 2 is 2.15 bits per heavy atom. The van der Waals surface area contributed by atoms with Crippen molar-refractivity contribution in [2.75, 3.05) is 11.9 Å². The third kappa shape index (κ3) is 3.18. The Hall–Kier alpha value is -1.85. The van der Waals surface area contributed by atoms with Gasteiger partial charge in [0.2, 0.25) is 0 Å². The van der Waals surface area contributed by atoms with Gasteiger partial charge in [-0.25, -0.2) is 9.97 Å². The molecule has 0 saturated heterocycles. The molecule has 6 heteroatoms. The Labute approximate surface area is 119 Å². The monoisotopic (exact) mass is 277 g/mol. The van der Waals surface area contributed by atoms with Crippen LogP contribution >= 0.6 is 0 Å². The minimum atomic E-state index is 0.119. The van der Waals surface area contributed by atoms with Crippen molar-refractivity contribution in [1.29, 1.82) is 0 Å². The summed E-state index contributed by atoms with van der Waals surface area (Å²) < 4.78 is 0. The summed E-state index contributed by atoms with van der Waals surface area (Å²) in [5.74, 6) is 1.22. The second-order valence-electron chi connectivity index (χ2n) is 5.44. The molecule has 0 bridgehead atoms. The maximum Gasteiger partial charge on any atom is 0.141 e. The molecule has 0 aromatic carbocycles. The fourth-order valence-corrected chi connectivity index (χ4v) is 2.67. The summed E-state index contributed by atoms with van der Waals surface area (Å²) in [7, 11) is 2.00. The lowest BCUT2D eigenvalue weighted by atomic mass is 10.1. The van der Waals surface area contributed by atoms with Gasteiger partial charge < -0.3 is 15.8 Å². The van der Waals surface area contributed by atoms with Crippen molar-refractivity contribution in [2.45, 2.75) is 51.5 Å². The summed E-state index contributed by atoms with van der Waals surface area (Å²) in [6, 6.07) is 0.119. The standard InChI is InChI=1S/C14H23N5O/c1-10(8-13(15)18-20)19(2)14-11-6-4-3-5-7-12(11)16-9-17-14/h9-10,20H,3-8H2,1-2H3,(H2,15,18). The normalized spacial score (nSPS) is 17.2. The molecule has 1 aliphatic rings. The number of anilines is 1. The van der Waals surface area contributed by atoms with Gasteiger partial charge >= 0.3 is 0 Å². The van der Waals surface area contributed by atoms with Crippen LogP contribution in [0.4, 0.5) is 5.82 Å². The van der Waals surface area contributed by atoms with E-state index in [9.17, 15) is 0 Å². The smallest absolute Gasteiger partial charge is 0.141 e. The van der Waals surface area contributed by atoms with E-state index >= 15 is 0 Å². The first kappa shape index (κ1) is 14.6. The molecule has 1 unspecified atom stereocenters. The van der Waals surface area contributed by atoms with Crippen LogP contribution in [-0.4, -0.2) is 34.1 Å². The van der Waals surface area contributed by atoms with Crippen LogP contribution in [0.25, 0.3) is 0 Å². The summed E-state index contributed by atoms with van der Waals surface area (Å²) in [6.45, 7) is 2.04. The Balaban J connectivity index is 2.23. The molecule has 0 aliphatic heterocycles. The number of hydrogen-bond donors (Lipinski definition) is 2. The number of amidine groups is 1. The summed E-state index contributed by atoms with van der Waals surface area (Å²) in [6.07, 6.45) is 7.86. The number of oxime groups is 1. The number of fused-ring (bicyclic) bond motifs is 1. The van der Waals surface area contributed by atoms with Crippen LogP contribution in [0.2, 0.25) is 0 Å². The Kier molecular flexibility index (Phi) is 4.76. The molecule has 110 valence electrons. The highest BCUT2D eigenvalue weighted by Gasteiger charge is 2.20. The first-order valence-electron chi connectivity index (χ1n) is 7.15. The molecule has 0 fully saturated rings. The van der Waals surface area contributed by atoms with E-state index in [1.807, 2.05) is 14.0 Å². The van der Waals surface area contributed by atoms with Crippen LogP contribution < -0.4 is 10.6 Å². The second-order valence-corrected chi connectivity index (χ2v) is 5.44. The van der Waals surface area contributed by atoms with Crippen LogP contribution in [0.3, 0.4) is 0 Å². The Morgan fingerprint density at radius 1 is 1.40 bits per heavy atom. The fraction of sp³-hybridized carbons (Fsp3) is 0.643. The topological polar surface area (TPSA) is 87.6 Å². The fourth-order valence-electron chi connectivity index (χ4n) is 2.67. The van der Waals surface area contributed by atoms with Gasteiger partial charge in [0, 0.05) is 30.8 Å². The maximum atomic E-state index is 8.68. The van der Waals surface area contributed by atoms with Crippen LogP contribution in [-0.2, 0) is 12.8 Å². The highest BCUT2D eigenvalue weighted by atomic mass is 16.4. The van der Waals surface area contributed by atoms with Crippen molar-refractivity contribution in [3.05, 3.63) is 17.6 Å². The van der Waals surface area contributed by atoms with Crippen LogP contribution in [0, 0.1) is 0 Å². The molecule has 0 amide bonds. The Morgan fingerprint density at radius 3 is 2.90 bits per heavy atom. The van der Waals surface area contributed by atoms with Crippen LogP contribution in [0.5, 0.6) is 0 Å². The molecule has 6 nitrogen and oxygen atoms in total. The molecule has 0 saturated carbocycles. The van der Waals surface area contributed by atoms with Gasteiger partial charge in [-0.05, 0) is 32.6 Å². The lowest BCUT2D eigenvalue weighted by Gasteiger charge is -2.28. The lowest BCUT2D eigenvalue weighted by molar-refractivity contribution is 0.316. The van der Waals surface area contributed by atoms with Gasteiger partial charge in [0.25, 0.3) is 0 Å². The molecule has 1 aliphatic carbocycles. The van der Waals surface area contributed by atoms with Crippen molar-refractivity contribution < 1.29 is 5.21 Å². The van der Waals surface area contributed by atoms with Gasteiger partial charge in [-0.3, -0.25) is 0 Å². The SMILES string of the molecule is CC(CC(N)=NO)N(C)c1ncnc2c1CCCCC2. The minimum absolute atomic E-state index is 0.119. The van der Waals surface area contributed by atoms with Gasteiger partial charge in [0.05, 0.1) is 0 Å². The largest absolute Gasteiger partial charge is 0.409 e. The van der Waals surface area contributed by atoms with Gasteiger partial charge in [0.15, 0.2) is 0 Å². The molecule has 0 spiro atoms. The number of nitrogens with two attached hydrogens (primary N) is 1. The first-order valence-corrected chi connectivity index (χ1v) is 7.15. The zero-order valence-corrected chi connectivity index (χ0v) is 12.2. The maximum absolute atomic E-state index is 8.68. The zero-order valence-electron chi connectivity index (χ0n) is 12.2. The van der Waals surface area contributed by atoms with E-state index < -0.39 is 0 Å². The van der Waals surface area contributed by atoms with Crippen LogP contribution in [0.1, 0.15) is 43.9 Å². The number of aryl methyl sites for hydroxylation is 1. The van der Waals surface area contributed by atoms with E-state index in [4.69, 9.17) is 10.9 Å². The lowest BCUT2D eigenvalue weighted by Crippen LogP contribution is -2.34. The summed E-state index contributed by atoms with van der Waals surface area (Å²) in [4.78, 5) is 11.0. The zero-order chi connectivity index (χ0) is 14.5. The molecule has 1 aromatic heterocycles. The van der Waals surface area contributed by atoms with Crippen molar-refractivity contribution in [2.24, 2.45) is 10.9 Å². The van der Waals surface area contributed by atoms with E-state index in [1.54, 1.807) is 6.33 Å². The van der Waals surface area contributed by atoms with E-state index in [0.29, 0.717) is 6.42 Å². The summed E-state index contributed by atoms with van der Waals surface area (Å²) in [5.41, 5.74) is 8.03. The molecule has 1 heterocycles. The molecule has 0 radical (unpaired) electrons. The first-order chi connectivity index (χ1) is 9.63. The van der Waals surface area contributed by atoms with Crippen molar-refractivity contribution in [1.82, 2.24) is 9.97 Å². The number of rotatable bonds is 4. The number of aromatic nitrogens is 2. The molecule has 3 N–H and O–H groups in total. The predicted molar refractivity (Wildman–Crippen MR) is 79.2 cm³/mol. The van der Waals surface area contributed by atoms with E-state index in [-0.39, 0.29) is 11.9 Å². The third-order valence-corrected chi connectivity index (χ3v) is 3.98. The predicted octanol–water partition coefficient (Wildman–Crippen LogP) is 1.71. The average molecular weight is 277 g/mol. The molecule has 1 aromatic rings. The quantitative estimate of drug-likeness (QED) is 0.287. The van der Waals surface area contributed by atoms with E-state index in [2.05, 4.69) is 20.0 Å². The van der Waals surface area contributed by atoms with Crippen molar-refractivity contribution in [3.63, 3.8) is 0 Å². The highest BCUT2D eigenvalue weighted by Crippen LogP contribution is 2.27. The van der Waals surface area contributed by atoms with Gasteiger partial charge in [-0.15, -0.1) is 0 Å².